The van der Waals surface area contributed by atoms with Gasteiger partial charge in [0.05, 0.1) is 6.61 Å². The van der Waals surface area contributed by atoms with Gasteiger partial charge in [-0.1, -0.05) is 12.1 Å². The Hall–Kier alpha value is -4.18. The fourth-order valence-corrected chi connectivity index (χ4v) is 4.07. The molecule has 0 radical (unpaired) electrons. The second kappa shape index (κ2) is 12.5. The van der Waals surface area contributed by atoms with Gasteiger partial charge in [0.2, 0.25) is 0 Å². The molecule has 8 nitrogen and oxygen atoms in total. The molecule has 0 saturated heterocycles. The zero-order valence-corrected chi connectivity index (χ0v) is 20.6. The van der Waals surface area contributed by atoms with Crippen LogP contribution in [0.2, 0.25) is 0 Å². The van der Waals surface area contributed by atoms with Crippen molar-refractivity contribution in [2.75, 3.05) is 18.1 Å². The molecule has 0 saturated carbocycles. The second-order valence-electron chi connectivity index (χ2n) is 7.80. The highest BCUT2D eigenvalue weighted by molar-refractivity contribution is 7.87. The lowest BCUT2D eigenvalue weighted by molar-refractivity contribution is -0.697. The van der Waals surface area contributed by atoms with Crippen molar-refractivity contribution in [2.24, 2.45) is 0 Å². The van der Waals surface area contributed by atoms with Crippen molar-refractivity contribution >= 4 is 21.5 Å². The fraction of sp³-hybridized carbons (Fsp3) is 0.154. The maximum atomic E-state index is 13.8. The number of benzene rings is 2. The minimum absolute atomic E-state index is 0.0659. The van der Waals surface area contributed by atoms with Crippen LogP contribution in [0.3, 0.4) is 0 Å². The Bertz CT molecular complexity index is 1370. The average Bonchev–Trinajstić information content (AvgIpc) is 2.83. The first-order chi connectivity index (χ1) is 17.2. The third kappa shape index (κ3) is 8.24. The molecule has 10 heteroatoms. The number of pyridine rings is 2. The van der Waals surface area contributed by atoms with E-state index in [4.69, 9.17) is 20.4 Å². The van der Waals surface area contributed by atoms with Crippen LogP contribution in [0.15, 0.2) is 96.4 Å². The molecule has 4 rings (SSSR count). The molecule has 4 aromatic rings. The molecular weight excluding hydrogens is 483 g/mol. The second-order valence-corrected chi connectivity index (χ2v) is 9.32. The topological polar surface area (TPSA) is 121 Å². The monoisotopic (exact) mass is 511 g/mol. The molecule has 0 amide bonds. The molecule has 0 unspecified atom stereocenters. The summed E-state index contributed by atoms with van der Waals surface area (Å²) in [5.41, 5.74) is 13.2. The number of halogens is 1. The van der Waals surface area contributed by atoms with E-state index in [1.807, 2.05) is 29.1 Å². The quantitative estimate of drug-likeness (QED) is 0.209. The first-order valence-corrected chi connectivity index (χ1v) is 12.5. The number of rotatable bonds is 8. The smallest absolute Gasteiger partial charge is 0.342 e. The van der Waals surface area contributed by atoms with Crippen molar-refractivity contribution < 1.29 is 26.3 Å². The number of nitrogens with zero attached hydrogens (tertiary/aromatic N) is 2. The third-order valence-electron chi connectivity index (χ3n) is 4.79. The van der Waals surface area contributed by atoms with Gasteiger partial charge in [0.1, 0.15) is 22.2 Å². The highest BCUT2D eigenvalue weighted by atomic mass is 32.2. The predicted molar refractivity (Wildman–Crippen MR) is 135 cm³/mol. The zero-order valence-electron chi connectivity index (χ0n) is 19.7. The molecule has 0 aliphatic rings. The summed E-state index contributed by atoms with van der Waals surface area (Å²) in [7, 11) is -4.29. The van der Waals surface area contributed by atoms with Crippen LogP contribution in [0.1, 0.15) is 12.0 Å². The van der Waals surface area contributed by atoms with Gasteiger partial charge in [0.15, 0.2) is 18.9 Å². The van der Waals surface area contributed by atoms with Gasteiger partial charge >= 0.3 is 10.1 Å². The number of hydrogen-bond donors (Lipinski definition) is 2. The average molecular weight is 512 g/mol. The lowest BCUT2D eigenvalue weighted by Gasteiger charge is -2.11. The Morgan fingerprint density at radius 2 is 1.56 bits per heavy atom. The van der Waals surface area contributed by atoms with Crippen molar-refractivity contribution in [3.05, 3.63) is 103 Å². The Morgan fingerprint density at radius 1 is 0.917 bits per heavy atom. The fourth-order valence-electron chi connectivity index (χ4n) is 3.08. The van der Waals surface area contributed by atoms with Crippen LogP contribution in [0.4, 0.5) is 15.8 Å². The molecule has 36 heavy (non-hydrogen) atoms. The van der Waals surface area contributed by atoms with Gasteiger partial charge in [-0.05, 0) is 48.9 Å². The van der Waals surface area contributed by atoms with Crippen LogP contribution < -0.4 is 25.0 Å². The Morgan fingerprint density at radius 3 is 2.19 bits per heavy atom. The van der Waals surface area contributed by atoms with Gasteiger partial charge in [0.25, 0.3) is 0 Å². The minimum Gasteiger partial charge on any atom is -0.493 e. The summed E-state index contributed by atoms with van der Waals surface area (Å²) in [5.74, 6) is -0.320. The SMILES string of the molecule is Cc1cc(OCCC[n+]2ccc(N)cc2)cc(OS(=O)(=O)c2ccccc2F)c1.Nc1ccncc1. The number of aromatic nitrogens is 2. The molecule has 0 fully saturated rings. The van der Waals surface area contributed by atoms with E-state index in [1.165, 1.54) is 18.2 Å². The molecule has 0 aliphatic carbocycles. The molecule has 0 aliphatic heterocycles. The number of nitrogens with two attached hydrogens (primary N) is 2. The summed E-state index contributed by atoms with van der Waals surface area (Å²) < 4.78 is 51.4. The Kier molecular flexibility index (Phi) is 9.18. The summed E-state index contributed by atoms with van der Waals surface area (Å²) in [4.78, 5) is 3.26. The van der Waals surface area contributed by atoms with Gasteiger partial charge in [-0.2, -0.15) is 8.42 Å². The van der Waals surface area contributed by atoms with E-state index in [0.29, 0.717) is 18.0 Å². The maximum absolute atomic E-state index is 13.8. The summed E-state index contributed by atoms with van der Waals surface area (Å²) >= 11 is 0. The Labute approximate surface area is 210 Å². The molecule has 0 spiro atoms. The predicted octanol–water partition coefficient (Wildman–Crippen LogP) is 3.90. The van der Waals surface area contributed by atoms with Gasteiger partial charge in [-0.3, -0.25) is 4.98 Å². The van der Waals surface area contributed by atoms with Gasteiger partial charge in [-0.25, -0.2) is 8.96 Å². The zero-order chi connectivity index (χ0) is 26.0. The first kappa shape index (κ1) is 26.4. The summed E-state index contributed by atoms with van der Waals surface area (Å²) in [6.45, 7) is 2.97. The molecule has 188 valence electrons. The lowest BCUT2D eigenvalue weighted by atomic mass is 10.2. The number of anilines is 2. The molecule has 2 aromatic heterocycles. The highest BCUT2D eigenvalue weighted by Crippen LogP contribution is 2.26. The molecule has 2 heterocycles. The highest BCUT2D eigenvalue weighted by Gasteiger charge is 2.21. The van der Waals surface area contributed by atoms with E-state index < -0.39 is 20.8 Å². The van der Waals surface area contributed by atoms with E-state index in [2.05, 4.69) is 4.98 Å². The standard InChI is InChI=1S/C21H21FN2O4S.C5H6N2/c1-16-13-18(27-12-4-9-24-10-7-17(23)8-11-24)15-19(14-16)28-29(25,26)21-6-3-2-5-20(21)22;6-5-1-3-7-4-2-5/h2-3,5-8,10-11,13-15,23H,4,9,12H2,1H3;1-4H,(H2,6,7)/p+1. The molecular formula is C26H28FN4O4S+. The van der Waals surface area contributed by atoms with Crippen molar-refractivity contribution in [1.29, 1.82) is 0 Å². The Balaban J connectivity index is 0.000000444. The van der Waals surface area contributed by atoms with Crippen LogP contribution in [0.5, 0.6) is 11.5 Å². The van der Waals surface area contributed by atoms with E-state index >= 15 is 0 Å². The molecule has 2 aromatic carbocycles. The van der Waals surface area contributed by atoms with Crippen molar-refractivity contribution in [3.63, 3.8) is 0 Å². The first-order valence-electron chi connectivity index (χ1n) is 11.1. The van der Waals surface area contributed by atoms with Crippen LogP contribution in [0, 0.1) is 12.7 Å². The summed E-state index contributed by atoms with van der Waals surface area (Å²) in [6.07, 6.45) is 7.85. The minimum atomic E-state index is -4.29. The lowest BCUT2D eigenvalue weighted by Crippen LogP contribution is -2.33. The number of hydrogen-bond acceptors (Lipinski definition) is 7. The van der Waals surface area contributed by atoms with Crippen LogP contribution in [-0.4, -0.2) is 20.0 Å². The number of aryl methyl sites for hydroxylation is 2. The molecule has 0 bridgehead atoms. The number of ether oxygens (including phenoxy) is 1. The van der Waals surface area contributed by atoms with Gasteiger partial charge < -0.3 is 20.4 Å². The van der Waals surface area contributed by atoms with Crippen molar-refractivity contribution in [2.45, 2.75) is 24.8 Å². The van der Waals surface area contributed by atoms with Crippen LogP contribution in [0.25, 0.3) is 0 Å². The third-order valence-corrected chi connectivity index (χ3v) is 6.07. The summed E-state index contributed by atoms with van der Waals surface area (Å²) in [6, 6.07) is 17.0. The normalized spacial score (nSPS) is 10.7. The van der Waals surface area contributed by atoms with E-state index in [9.17, 15) is 12.8 Å². The van der Waals surface area contributed by atoms with Crippen molar-refractivity contribution in [3.8, 4) is 11.5 Å². The van der Waals surface area contributed by atoms with Gasteiger partial charge in [0, 0.05) is 48.4 Å². The molecule has 0 atom stereocenters. The van der Waals surface area contributed by atoms with Crippen LogP contribution in [-0.2, 0) is 16.7 Å². The van der Waals surface area contributed by atoms with Gasteiger partial charge in [-0.15, -0.1) is 0 Å². The van der Waals surface area contributed by atoms with E-state index in [-0.39, 0.29) is 5.75 Å². The number of nitrogen functional groups attached to an aromatic ring is 2. The molecule has 4 N–H and O–H groups in total. The summed E-state index contributed by atoms with van der Waals surface area (Å²) in [5, 5.41) is 0. The largest absolute Gasteiger partial charge is 0.493 e. The van der Waals surface area contributed by atoms with Crippen LogP contribution >= 0.6 is 0 Å². The van der Waals surface area contributed by atoms with E-state index in [1.54, 1.807) is 43.6 Å². The van der Waals surface area contributed by atoms with Crippen molar-refractivity contribution in [1.82, 2.24) is 4.98 Å². The van der Waals surface area contributed by atoms with E-state index in [0.717, 1.165) is 36.3 Å². The maximum Gasteiger partial charge on any atom is 0.342 e.